The predicted octanol–water partition coefficient (Wildman–Crippen LogP) is 3.40. The molecule has 0 saturated carbocycles. The molecule has 0 aliphatic carbocycles. The van der Waals surface area contributed by atoms with Crippen LogP contribution in [0.25, 0.3) is 0 Å². The Morgan fingerprint density at radius 1 is 1.04 bits per heavy atom. The summed E-state index contributed by atoms with van der Waals surface area (Å²) in [4.78, 5) is 24.5. The lowest BCUT2D eigenvalue weighted by Gasteiger charge is -2.09. The summed E-state index contributed by atoms with van der Waals surface area (Å²) in [6.45, 7) is 2.68. The number of esters is 1. The number of anilines is 3. The van der Waals surface area contributed by atoms with Gasteiger partial charge in [-0.05, 0) is 49.4 Å². The maximum atomic E-state index is 11.7. The maximum absolute atomic E-state index is 11.7. The first-order chi connectivity index (χ1) is 12.7. The number of hydrogen-bond acceptors (Lipinski definition) is 7. The van der Waals surface area contributed by atoms with Gasteiger partial charge in [-0.3, -0.25) is 4.98 Å². The molecule has 26 heavy (non-hydrogen) atoms. The van der Waals surface area contributed by atoms with E-state index in [2.05, 4.69) is 25.6 Å². The molecule has 2 heterocycles. The summed E-state index contributed by atoms with van der Waals surface area (Å²) in [5, 5.41) is 6.32. The molecule has 3 rings (SSSR count). The second kappa shape index (κ2) is 8.57. The predicted molar refractivity (Wildman–Crippen MR) is 99.3 cm³/mol. The number of benzene rings is 1. The van der Waals surface area contributed by atoms with Gasteiger partial charge >= 0.3 is 5.97 Å². The van der Waals surface area contributed by atoms with E-state index in [0.717, 1.165) is 11.4 Å². The van der Waals surface area contributed by atoms with E-state index in [0.29, 0.717) is 30.5 Å². The van der Waals surface area contributed by atoms with Crippen LogP contribution >= 0.6 is 0 Å². The lowest BCUT2D eigenvalue weighted by atomic mass is 10.2. The number of aromatic nitrogens is 3. The van der Waals surface area contributed by atoms with Crippen LogP contribution in [0.5, 0.6) is 0 Å². The Balaban J connectivity index is 1.62. The number of nitrogens with one attached hydrogen (secondary N) is 2. The lowest BCUT2D eigenvalue weighted by Crippen LogP contribution is -2.06. The minimum atomic E-state index is -0.331. The van der Waals surface area contributed by atoms with Crippen molar-refractivity contribution in [2.75, 3.05) is 17.2 Å². The van der Waals surface area contributed by atoms with E-state index in [1.165, 1.54) is 0 Å². The van der Waals surface area contributed by atoms with Gasteiger partial charge in [0, 0.05) is 18.1 Å². The molecule has 0 spiro atoms. The van der Waals surface area contributed by atoms with Gasteiger partial charge in [0.2, 0.25) is 5.95 Å². The topological polar surface area (TPSA) is 89.0 Å². The first kappa shape index (κ1) is 17.3. The molecule has 0 amide bonds. The molecule has 0 unspecified atom stereocenters. The average molecular weight is 349 g/mol. The molecule has 0 bridgehead atoms. The highest BCUT2D eigenvalue weighted by Crippen LogP contribution is 2.16. The van der Waals surface area contributed by atoms with Crippen molar-refractivity contribution in [2.24, 2.45) is 0 Å². The minimum Gasteiger partial charge on any atom is -0.462 e. The second-order valence-electron chi connectivity index (χ2n) is 5.36. The molecule has 3 aromatic rings. The molecule has 132 valence electrons. The van der Waals surface area contributed by atoms with E-state index in [1.54, 1.807) is 49.6 Å². The normalized spacial score (nSPS) is 10.2. The smallest absolute Gasteiger partial charge is 0.338 e. The highest BCUT2D eigenvalue weighted by Gasteiger charge is 2.06. The van der Waals surface area contributed by atoms with Crippen molar-refractivity contribution in [1.29, 1.82) is 0 Å². The minimum absolute atomic E-state index is 0.331. The SMILES string of the molecule is CCOC(=O)c1ccc(Nc2ccnc(NCc3ccccn3)n2)cc1. The van der Waals surface area contributed by atoms with Gasteiger partial charge < -0.3 is 15.4 Å². The van der Waals surface area contributed by atoms with Gasteiger partial charge in [0.15, 0.2) is 0 Å². The summed E-state index contributed by atoms with van der Waals surface area (Å²) < 4.78 is 4.97. The third kappa shape index (κ3) is 4.76. The molecule has 0 atom stereocenters. The largest absolute Gasteiger partial charge is 0.462 e. The first-order valence-electron chi connectivity index (χ1n) is 8.25. The number of pyridine rings is 1. The zero-order chi connectivity index (χ0) is 18.2. The average Bonchev–Trinajstić information content (AvgIpc) is 2.68. The van der Waals surface area contributed by atoms with Crippen LogP contribution in [0.2, 0.25) is 0 Å². The van der Waals surface area contributed by atoms with Gasteiger partial charge in [-0.1, -0.05) is 6.07 Å². The van der Waals surface area contributed by atoms with Gasteiger partial charge in [-0.2, -0.15) is 4.98 Å². The Bertz CT molecular complexity index is 853. The summed E-state index contributed by atoms with van der Waals surface area (Å²) in [5.41, 5.74) is 2.23. The summed E-state index contributed by atoms with van der Waals surface area (Å²) in [7, 11) is 0. The number of carbonyl (C=O) groups is 1. The fraction of sp³-hybridized carbons (Fsp3) is 0.158. The van der Waals surface area contributed by atoms with Crippen LogP contribution < -0.4 is 10.6 Å². The van der Waals surface area contributed by atoms with Crippen molar-refractivity contribution in [2.45, 2.75) is 13.5 Å². The van der Waals surface area contributed by atoms with E-state index in [4.69, 9.17) is 4.74 Å². The summed E-state index contributed by atoms with van der Waals surface area (Å²) in [5.74, 6) is 0.818. The quantitative estimate of drug-likeness (QED) is 0.632. The van der Waals surface area contributed by atoms with Crippen LogP contribution in [0.1, 0.15) is 23.0 Å². The highest BCUT2D eigenvalue weighted by atomic mass is 16.5. The van der Waals surface area contributed by atoms with Gasteiger partial charge in [0.25, 0.3) is 0 Å². The van der Waals surface area contributed by atoms with Gasteiger partial charge in [0.1, 0.15) is 5.82 Å². The van der Waals surface area contributed by atoms with Crippen LogP contribution in [-0.2, 0) is 11.3 Å². The number of hydrogen-bond donors (Lipinski definition) is 2. The van der Waals surface area contributed by atoms with E-state index in [9.17, 15) is 4.79 Å². The van der Waals surface area contributed by atoms with Crippen molar-refractivity contribution < 1.29 is 9.53 Å². The number of carbonyl (C=O) groups excluding carboxylic acids is 1. The Labute approximate surface area is 151 Å². The summed E-state index contributed by atoms with van der Waals surface area (Å²) in [6, 6.07) is 14.5. The third-order valence-electron chi connectivity index (χ3n) is 3.48. The van der Waals surface area contributed by atoms with Gasteiger partial charge in [-0.15, -0.1) is 0 Å². The fourth-order valence-electron chi connectivity index (χ4n) is 2.24. The van der Waals surface area contributed by atoms with Gasteiger partial charge in [0.05, 0.1) is 24.4 Å². The van der Waals surface area contributed by atoms with Crippen LogP contribution in [0, 0.1) is 0 Å². The van der Waals surface area contributed by atoms with Crippen molar-refractivity contribution in [1.82, 2.24) is 15.0 Å². The summed E-state index contributed by atoms with van der Waals surface area (Å²) in [6.07, 6.45) is 3.42. The molecule has 2 aromatic heterocycles. The molecular weight excluding hydrogens is 330 g/mol. The Morgan fingerprint density at radius 3 is 2.62 bits per heavy atom. The van der Waals surface area contributed by atoms with Crippen molar-refractivity contribution in [3.05, 3.63) is 72.2 Å². The Kier molecular flexibility index (Phi) is 5.72. The Hall–Kier alpha value is -3.48. The third-order valence-corrected chi connectivity index (χ3v) is 3.48. The highest BCUT2D eigenvalue weighted by molar-refractivity contribution is 5.89. The molecule has 0 fully saturated rings. The van der Waals surface area contributed by atoms with Gasteiger partial charge in [-0.25, -0.2) is 9.78 Å². The molecule has 0 aliphatic heterocycles. The molecule has 7 heteroatoms. The van der Waals surface area contributed by atoms with Crippen molar-refractivity contribution >= 4 is 23.4 Å². The van der Waals surface area contributed by atoms with Crippen molar-refractivity contribution in [3.63, 3.8) is 0 Å². The zero-order valence-electron chi connectivity index (χ0n) is 14.3. The van der Waals surface area contributed by atoms with Crippen LogP contribution in [-0.4, -0.2) is 27.5 Å². The lowest BCUT2D eigenvalue weighted by molar-refractivity contribution is 0.0526. The number of rotatable bonds is 7. The van der Waals surface area contributed by atoms with Crippen molar-refractivity contribution in [3.8, 4) is 0 Å². The van der Waals surface area contributed by atoms with Crippen LogP contribution in [0.3, 0.4) is 0 Å². The molecule has 7 nitrogen and oxygen atoms in total. The second-order valence-corrected chi connectivity index (χ2v) is 5.36. The van der Waals surface area contributed by atoms with Crippen LogP contribution in [0.4, 0.5) is 17.5 Å². The van der Waals surface area contributed by atoms with E-state index in [-0.39, 0.29) is 5.97 Å². The van der Waals surface area contributed by atoms with E-state index >= 15 is 0 Å². The van der Waals surface area contributed by atoms with E-state index in [1.807, 2.05) is 18.2 Å². The molecular formula is C19H19N5O2. The molecule has 0 aliphatic rings. The fourth-order valence-corrected chi connectivity index (χ4v) is 2.24. The maximum Gasteiger partial charge on any atom is 0.338 e. The monoisotopic (exact) mass is 349 g/mol. The molecule has 1 aromatic carbocycles. The number of ether oxygens (including phenoxy) is 1. The Morgan fingerprint density at radius 2 is 1.88 bits per heavy atom. The number of nitrogens with zero attached hydrogens (tertiary/aromatic N) is 3. The first-order valence-corrected chi connectivity index (χ1v) is 8.25. The molecule has 2 N–H and O–H groups in total. The standard InChI is InChI=1S/C19H19N5O2/c1-2-26-18(25)14-6-8-15(9-7-14)23-17-10-12-21-19(24-17)22-13-16-5-3-4-11-20-16/h3-12H,2,13H2,1H3,(H2,21,22,23,24). The van der Waals surface area contributed by atoms with E-state index < -0.39 is 0 Å². The summed E-state index contributed by atoms with van der Waals surface area (Å²) >= 11 is 0. The molecule has 0 saturated heterocycles. The zero-order valence-corrected chi connectivity index (χ0v) is 14.3. The molecule has 0 radical (unpaired) electrons. The van der Waals surface area contributed by atoms with Crippen LogP contribution in [0.15, 0.2) is 60.9 Å².